The molecule has 102 valence electrons. The fraction of sp³-hybridized carbons (Fsp3) is 0.571. The molecule has 0 saturated heterocycles. The van der Waals surface area contributed by atoms with Crippen molar-refractivity contribution in [3.63, 3.8) is 0 Å². The first-order chi connectivity index (χ1) is 8.80. The average Bonchev–Trinajstić information content (AvgIpc) is 2.38. The number of hydrogen-bond acceptors (Lipinski definition) is 4. The van der Waals surface area contributed by atoms with Crippen molar-refractivity contribution in [2.75, 3.05) is 31.7 Å². The molecule has 1 N–H and O–H groups in total. The lowest BCUT2D eigenvalue weighted by Gasteiger charge is -2.18. The smallest absolute Gasteiger partial charge is 0.174 e. The van der Waals surface area contributed by atoms with Crippen LogP contribution in [0.25, 0.3) is 0 Å². The maximum atomic E-state index is 5.46. The summed E-state index contributed by atoms with van der Waals surface area (Å²) >= 11 is 0. The monoisotopic (exact) mass is 253 g/mol. The van der Waals surface area contributed by atoms with Crippen molar-refractivity contribution in [3.05, 3.63) is 24.3 Å². The van der Waals surface area contributed by atoms with Crippen molar-refractivity contribution in [2.45, 2.75) is 27.1 Å². The minimum Gasteiger partial charge on any atom is -0.494 e. The molecule has 0 saturated carbocycles. The third-order valence-electron chi connectivity index (χ3n) is 2.34. The number of ether oxygens (including phenoxy) is 3. The van der Waals surface area contributed by atoms with E-state index in [0.29, 0.717) is 26.4 Å². The summed E-state index contributed by atoms with van der Waals surface area (Å²) in [5.74, 6) is 0.884. The van der Waals surface area contributed by atoms with Crippen LogP contribution >= 0.6 is 0 Å². The predicted octanol–water partition coefficient (Wildman–Crippen LogP) is 2.90. The summed E-state index contributed by atoms with van der Waals surface area (Å²) in [5, 5.41) is 3.28. The molecule has 18 heavy (non-hydrogen) atoms. The van der Waals surface area contributed by atoms with E-state index in [2.05, 4.69) is 5.32 Å². The van der Waals surface area contributed by atoms with E-state index in [4.69, 9.17) is 14.2 Å². The number of benzene rings is 1. The van der Waals surface area contributed by atoms with E-state index in [1.54, 1.807) is 0 Å². The predicted molar refractivity (Wildman–Crippen MR) is 73.1 cm³/mol. The van der Waals surface area contributed by atoms with E-state index in [1.807, 2.05) is 45.0 Å². The topological polar surface area (TPSA) is 39.7 Å². The van der Waals surface area contributed by atoms with E-state index in [0.717, 1.165) is 11.4 Å². The Hall–Kier alpha value is -1.26. The van der Waals surface area contributed by atoms with Crippen LogP contribution in [0.1, 0.15) is 20.8 Å². The molecule has 0 aliphatic heterocycles. The van der Waals surface area contributed by atoms with Gasteiger partial charge in [0.2, 0.25) is 0 Å². The summed E-state index contributed by atoms with van der Waals surface area (Å²) in [4.78, 5) is 0. The highest BCUT2D eigenvalue weighted by Gasteiger charge is 2.07. The highest BCUT2D eigenvalue weighted by molar-refractivity contribution is 5.46. The van der Waals surface area contributed by atoms with Gasteiger partial charge in [0.05, 0.1) is 13.2 Å². The molecule has 0 fully saturated rings. The van der Waals surface area contributed by atoms with Crippen LogP contribution in [0, 0.1) is 0 Å². The van der Waals surface area contributed by atoms with Gasteiger partial charge in [0.25, 0.3) is 0 Å². The molecule has 4 heteroatoms. The maximum Gasteiger partial charge on any atom is 0.174 e. The standard InChI is InChI=1S/C14H23NO3/c1-4-16-13-9-7-12(8-10-13)15-11-14(17-5-2)18-6-3/h7-10,14-15H,4-6,11H2,1-3H3. The number of nitrogens with one attached hydrogen (secondary N) is 1. The quantitative estimate of drug-likeness (QED) is 0.687. The Labute approximate surface area is 109 Å². The number of anilines is 1. The van der Waals surface area contributed by atoms with E-state index in [1.165, 1.54) is 0 Å². The Bertz CT molecular complexity index is 307. The Balaban J connectivity index is 2.41. The van der Waals surface area contributed by atoms with Gasteiger partial charge in [0, 0.05) is 18.9 Å². The van der Waals surface area contributed by atoms with Gasteiger partial charge in [-0.3, -0.25) is 0 Å². The van der Waals surface area contributed by atoms with Crippen molar-refractivity contribution in [1.29, 1.82) is 0 Å². The van der Waals surface area contributed by atoms with Crippen molar-refractivity contribution in [3.8, 4) is 5.75 Å². The van der Waals surface area contributed by atoms with E-state index >= 15 is 0 Å². The van der Waals surface area contributed by atoms with Gasteiger partial charge in [-0.05, 0) is 45.0 Å². The molecular weight excluding hydrogens is 230 g/mol. The molecule has 1 aromatic rings. The van der Waals surface area contributed by atoms with Crippen LogP contribution in [-0.2, 0) is 9.47 Å². The Morgan fingerprint density at radius 2 is 1.56 bits per heavy atom. The third kappa shape index (κ3) is 5.38. The Morgan fingerprint density at radius 3 is 2.06 bits per heavy atom. The zero-order valence-electron chi connectivity index (χ0n) is 11.4. The fourth-order valence-corrected chi connectivity index (χ4v) is 1.57. The molecule has 1 rings (SSSR count). The van der Waals surface area contributed by atoms with Crippen LogP contribution in [0.3, 0.4) is 0 Å². The molecule has 0 spiro atoms. The van der Waals surface area contributed by atoms with E-state index in [-0.39, 0.29) is 6.29 Å². The summed E-state index contributed by atoms with van der Waals surface area (Å²) in [6.45, 7) is 8.51. The van der Waals surface area contributed by atoms with Crippen molar-refractivity contribution in [2.24, 2.45) is 0 Å². The second kappa shape index (κ2) is 8.78. The summed E-state index contributed by atoms with van der Waals surface area (Å²) in [6.07, 6.45) is -0.202. The van der Waals surface area contributed by atoms with Crippen LogP contribution in [0.5, 0.6) is 5.75 Å². The maximum absolute atomic E-state index is 5.46. The Morgan fingerprint density at radius 1 is 0.944 bits per heavy atom. The van der Waals surface area contributed by atoms with Gasteiger partial charge in [-0.25, -0.2) is 0 Å². The number of hydrogen-bond donors (Lipinski definition) is 1. The first kappa shape index (κ1) is 14.8. The first-order valence-electron chi connectivity index (χ1n) is 6.50. The first-order valence-corrected chi connectivity index (χ1v) is 6.50. The summed E-state index contributed by atoms with van der Waals surface area (Å²) in [5.41, 5.74) is 1.03. The molecule has 0 amide bonds. The largest absolute Gasteiger partial charge is 0.494 e. The molecule has 0 aliphatic carbocycles. The van der Waals surface area contributed by atoms with Crippen LogP contribution in [0.2, 0.25) is 0 Å². The van der Waals surface area contributed by atoms with Crippen LogP contribution in [0.4, 0.5) is 5.69 Å². The molecule has 0 bridgehead atoms. The van der Waals surface area contributed by atoms with Crippen LogP contribution in [-0.4, -0.2) is 32.7 Å². The minimum absolute atomic E-state index is 0.202. The van der Waals surface area contributed by atoms with Crippen LogP contribution < -0.4 is 10.1 Å². The van der Waals surface area contributed by atoms with Crippen molar-refractivity contribution in [1.82, 2.24) is 0 Å². The second-order valence-electron chi connectivity index (χ2n) is 3.68. The lowest BCUT2D eigenvalue weighted by atomic mass is 10.3. The molecule has 0 heterocycles. The molecule has 0 radical (unpaired) electrons. The zero-order valence-corrected chi connectivity index (χ0v) is 11.4. The van der Waals surface area contributed by atoms with Crippen LogP contribution in [0.15, 0.2) is 24.3 Å². The lowest BCUT2D eigenvalue weighted by molar-refractivity contribution is -0.126. The van der Waals surface area contributed by atoms with Gasteiger partial charge in [-0.2, -0.15) is 0 Å². The van der Waals surface area contributed by atoms with Gasteiger partial charge in [-0.15, -0.1) is 0 Å². The Kier molecular flexibility index (Phi) is 7.22. The molecule has 0 aromatic heterocycles. The van der Waals surface area contributed by atoms with Crippen molar-refractivity contribution < 1.29 is 14.2 Å². The minimum atomic E-state index is -0.202. The molecular formula is C14H23NO3. The van der Waals surface area contributed by atoms with Gasteiger partial charge < -0.3 is 19.5 Å². The van der Waals surface area contributed by atoms with Gasteiger partial charge >= 0.3 is 0 Å². The molecule has 0 unspecified atom stereocenters. The fourth-order valence-electron chi connectivity index (χ4n) is 1.57. The molecule has 1 aromatic carbocycles. The molecule has 0 atom stereocenters. The SMILES string of the molecule is CCOc1ccc(NCC(OCC)OCC)cc1. The van der Waals surface area contributed by atoms with Gasteiger partial charge in [0.1, 0.15) is 5.75 Å². The van der Waals surface area contributed by atoms with Crippen molar-refractivity contribution >= 4 is 5.69 Å². The molecule has 4 nitrogen and oxygen atoms in total. The van der Waals surface area contributed by atoms with Gasteiger partial charge in [-0.1, -0.05) is 0 Å². The second-order valence-corrected chi connectivity index (χ2v) is 3.68. The molecule has 0 aliphatic rings. The third-order valence-corrected chi connectivity index (χ3v) is 2.34. The average molecular weight is 253 g/mol. The van der Waals surface area contributed by atoms with E-state index in [9.17, 15) is 0 Å². The van der Waals surface area contributed by atoms with Gasteiger partial charge in [0.15, 0.2) is 6.29 Å². The summed E-state index contributed by atoms with van der Waals surface area (Å²) in [6, 6.07) is 7.87. The normalized spacial score (nSPS) is 10.7. The summed E-state index contributed by atoms with van der Waals surface area (Å²) < 4.78 is 16.3. The zero-order chi connectivity index (χ0) is 13.2. The lowest BCUT2D eigenvalue weighted by Crippen LogP contribution is -2.26. The summed E-state index contributed by atoms with van der Waals surface area (Å²) in [7, 11) is 0. The van der Waals surface area contributed by atoms with E-state index < -0.39 is 0 Å². The number of rotatable bonds is 9. The highest BCUT2D eigenvalue weighted by Crippen LogP contribution is 2.15. The highest BCUT2D eigenvalue weighted by atomic mass is 16.7.